The van der Waals surface area contributed by atoms with Crippen LogP contribution in [0.1, 0.15) is 11.1 Å². The van der Waals surface area contributed by atoms with Crippen molar-refractivity contribution >= 4 is 11.8 Å². The van der Waals surface area contributed by atoms with Crippen molar-refractivity contribution in [3.8, 4) is 17.3 Å². The number of rotatable bonds is 5. The topological polar surface area (TPSA) is 43.9 Å². The third-order valence-electron chi connectivity index (χ3n) is 3.91. The van der Waals surface area contributed by atoms with Crippen molar-refractivity contribution < 1.29 is 8.81 Å². The van der Waals surface area contributed by atoms with Crippen LogP contribution in [0.4, 0.5) is 4.39 Å². The Morgan fingerprint density at radius 1 is 1.04 bits per heavy atom. The molecule has 0 atom stereocenters. The van der Waals surface area contributed by atoms with E-state index in [0.29, 0.717) is 11.6 Å². The highest BCUT2D eigenvalue weighted by Crippen LogP contribution is 2.30. The van der Waals surface area contributed by atoms with Crippen LogP contribution in [0, 0.1) is 12.7 Å². The molecule has 2 heterocycles. The van der Waals surface area contributed by atoms with E-state index in [1.807, 2.05) is 16.7 Å². The third kappa shape index (κ3) is 3.41. The second kappa shape index (κ2) is 7.17. The lowest BCUT2D eigenvalue weighted by atomic mass is 10.2. The first-order valence-corrected chi connectivity index (χ1v) is 9.13. The molecule has 130 valence electrons. The first kappa shape index (κ1) is 16.6. The van der Waals surface area contributed by atoms with Gasteiger partial charge in [-0.05, 0) is 48.9 Å². The van der Waals surface area contributed by atoms with Gasteiger partial charge in [-0.2, -0.15) is 0 Å². The van der Waals surface area contributed by atoms with E-state index in [0.717, 1.165) is 16.6 Å². The Morgan fingerprint density at radius 3 is 2.62 bits per heavy atom. The number of halogens is 1. The molecule has 4 aromatic rings. The standard InChI is InChI=1S/C20H16FN3OS/c1-14-4-2-5-15(12-14)13-26-20-23-22-19(18-6-3-11-25-18)24(20)17-9-7-16(21)8-10-17/h2-12H,13H2,1H3. The van der Waals surface area contributed by atoms with Crippen molar-refractivity contribution in [1.29, 1.82) is 0 Å². The fourth-order valence-corrected chi connectivity index (χ4v) is 3.60. The molecule has 0 amide bonds. The van der Waals surface area contributed by atoms with Gasteiger partial charge in [0.05, 0.1) is 12.0 Å². The smallest absolute Gasteiger partial charge is 0.205 e. The molecule has 0 saturated carbocycles. The van der Waals surface area contributed by atoms with Crippen molar-refractivity contribution in [1.82, 2.24) is 14.8 Å². The number of thioether (sulfide) groups is 1. The molecule has 2 aromatic heterocycles. The van der Waals surface area contributed by atoms with Crippen LogP contribution >= 0.6 is 11.8 Å². The maximum absolute atomic E-state index is 13.3. The number of benzene rings is 2. The van der Waals surface area contributed by atoms with Crippen LogP contribution in [-0.4, -0.2) is 14.8 Å². The van der Waals surface area contributed by atoms with E-state index in [2.05, 4.69) is 35.3 Å². The van der Waals surface area contributed by atoms with E-state index < -0.39 is 0 Å². The Hall–Kier alpha value is -2.86. The first-order chi connectivity index (χ1) is 12.7. The number of hydrogen-bond donors (Lipinski definition) is 0. The molecule has 4 rings (SSSR count). The average molecular weight is 365 g/mol. The minimum absolute atomic E-state index is 0.282. The first-order valence-electron chi connectivity index (χ1n) is 8.14. The van der Waals surface area contributed by atoms with E-state index >= 15 is 0 Å². The lowest BCUT2D eigenvalue weighted by Gasteiger charge is -2.09. The summed E-state index contributed by atoms with van der Waals surface area (Å²) < 4.78 is 20.7. The molecule has 0 aliphatic rings. The minimum atomic E-state index is -0.282. The van der Waals surface area contributed by atoms with Gasteiger partial charge in [0.2, 0.25) is 5.82 Å². The highest BCUT2D eigenvalue weighted by Gasteiger charge is 2.18. The Labute approximate surface area is 154 Å². The molecule has 2 aromatic carbocycles. The van der Waals surface area contributed by atoms with Crippen LogP contribution in [0.3, 0.4) is 0 Å². The van der Waals surface area contributed by atoms with Gasteiger partial charge in [-0.1, -0.05) is 41.6 Å². The van der Waals surface area contributed by atoms with Gasteiger partial charge in [0, 0.05) is 5.75 Å². The molecule has 0 saturated heterocycles. The van der Waals surface area contributed by atoms with Gasteiger partial charge >= 0.3 is 0 Å². The molecule has 0 N–H and O–H groups in total. The highest BCUT2D eigenvalue weighted by molar-refractivity contribution is 7.98. The molecule has 26 heavy (non-hydrogen) atoms. The van der Waals surface area contributed by atoms with Crippen molar-refractivity contribution in [3.63, 3.8) is 0 Å². The predicted molar refractivity (Wildman–Crippen MR) is 99.8 cm³/mol. The molecule has 0 bridgehead atoms. The summed E-state index contributed by atoms with van der Waals surface area (Å²) in [6.07, 6.45) is 1.60. The number of aryl methyl sites for hydroxylation is 1. The van der Waals surface area contributed by atoms with E-state index in [-0.39, 0.29) is 5.82 Å². The summed E-state index contributed by atoms with van der Waals surface area (Å²) in [4.78, 5) is 0. The van der Waals surface area contributed by atoms with E-state index in [4.69, 9.17) is 4.42 Å². The normalized spacial score (nSPS) is 11.0. The van der Waals surface area contributed by atoms with Gasteiger partial charge in [-0.15, -0.1) is 10.2 Å². The summed E-state index contributed by atoms with van der Waals surface area (Å²) in [6.45, 7) is 2.07. The van der Waals surface area contributed by atoms with Crippen LogP contribution in [0.25, 0.3) is 17.3 Å². The fourth-order valence-electron chi connectivity index (χ4n) is 2.70. The summed E-state index contributed by atoms with van der Waals surface area (Å²) in [7, 11) is 0. The summed E-state index contributed by atoms with van der Waals surface area (Å²) in [5, 5.41) is 9.35. The van der Waals surface area contributed by atoms with Gasteiger partial charge in [-0.3, -0.25) is 4.57 Å². The van der Waals surface area contributed by atoms with Crippen LogP contribution in [0.2, 0.25) is 0 Å². The maximum Gasteiger partial charge on any atom is 0.205 e. The minimum Gasteiger partial charge on any atom is -0.461 e. The zero-order valence-corrected chi connectivity index (χ0v) is 14.9. The molecule has 0 fully saturated rings. The fraction of sp³-hybridized carbons (Fsp3) is 0.100. The van der Waals surface area contributed by atoms with Crippen molar-refractivity contribution in [2.24, 2.45) is 0 Å². The lowest BCUT2D eigenvalue weighted by Crippen LogP contribution is -1.99. The molecule has 4 nitrogen and oxygen atoms in total. The lowest BCUT2D eigenvalue weighted by molar-refractivity contribution is 0.575. The third-order valence-corrected chi connectivity index (χ3v) is 4.91. The summed E-state index contributed by atoms with van der Waals surface area (Å²) >= 11 is 1.58. The molecule has 0 aliphatic carbocycles. The molecule has 6 heteroatoms. The average Bonchev–Trinajstić information content (AvgIpc) is 3.30. The Kier molecular flexibility index (Phi) is 4.58. The maximum atomic E-state index is 13.3. The molecule has 0 spiro atoms. The molecule has 0 radical (unpaired) electrons. The van der Waals surface area contributed by atoms with E-state index in [9.17, 15) is 4.39 Å². The number of aromatic nitrogens is 3. The van der Waals surface area contributed by atoms with Gasteiger partial charge in [0.25, 0.3) is 0 Å². The van der Waals surface area contributed by atoms with Crippen LogP contribution in [0.5, 0.6) is 0 Å². The van der Waals surface area contributed by atoms with Gasteiger partial charge in [0.15, 0.2) is 10.9 Å². The summed E-state index contributed by atoms with van der Waals surface area (Å²) in [5.41, 5.74) is 3.22. The predicted octanol–water partition coefficient (Wildman–Crippen LogP) is 5.27. The molecule has 0 unspecified atom stereocenters. The highest BCUT2D eigenvalue weighted by atomic mass is 32.2. The van der Waals surface area contributed by atoms with Crippen LogP contribution in [0.15, 0.2) is 76.5 Å². The van der Waals surface area contributed by atoms with Gasteiger partial charge in [0.1, 0.15) is 5.82 Å². The van der Waals surface area contributed by atoms with Gasteiger partial charge < -0.3 is 4.42 Å². The largest absolute Gasteiger partial charge is 0.461 e. The van der Waals surface area contributed by atoms with Crippen molar-refractivity contribution in [2.75, 3.05) is 0 Å². The second-order valence-electron chi connectivity index (χ2n) is 5.87. The molecular formula is C20H16FN3OS. The van der Waals surface area contributed by atoms with Crippen molar-refractivity contribution in [2.45, 2.75) is 17.8 Å². The van der Waals surface area contributed by atoms with Crippen molar-refractivity contribution in [3.05, 3.63) is 83.9 Å². The zero-order valence-electron chi connectivity index (χ0n) is 14.1. The number of hydrogen-bond acceptors (Lipinski definition) is 4. The van der Waals surface area contributed by atoms with Gasteiger partial charge in [-0.25, -0.2) is 4.39 Å². The Balaban J connectivity index is 1.71. The zero-order chi connectivity index (χ0) is 17.9. The quantitative estimate of drug-likeness (QED) is 0.452. The summed E-state index contributed by atoms with van der Waals surface area (Å²) in [6, 6.07) is 18.3. The Morgan fingerprint density at radius 2 is 1.88 bits per heavy atom. The van der Waals surface area contributed by atoms with Crippen LogP contribution in [-0.2, 0) is 5.75 Å². The number of nitrogens with zero attached hydrogens (tertiary/aromatic N) is 3. The summed E-state index contributed by atoms with van der Waals surface area (Å²) in [5.74, 6) is 1.69. The SMILES string of the molecule is Cc1cccc(CSc2nnc(-c3ccco3)n2-c2ccc(F)cc2)c1. The number of furan rings is 1. The van der Waals surface area contributed by atoms with E-state index in [1.165, 1.54) is 23.3 Å². The van der Waals surface area contributed by atoms with Crippen LogP contribution < -0.4 is 0 Å². The monoisotopic (exact) mass is 365 g/mol. The molecular weight excluding hydrogens is 349 g/mol. The second-order valence-corrected chi connectivity index (χ2v) is 6.82. The Bertz CT molecular complexity index is 1010. The van der Waals surface area contributed by atoms with E-state index in [1.54, 1.807) is 36.2 Å². The molecule has 0 aliphatic heterocycles.